The minimum Gasteiger partial charge on any atom is -0.377 e. The van der Waals surface area contributed by atoms with Gasteiger partial charge in [0.05, 0.1) is 27.9 Å². The summed E-state index contributed by atoms with van der Waals surface area (Å²) in [6, 6.07) is 15.8. The lowest BCUT2D eigenvalue weighted by Gasteiger charge is -2.21. The number of ether oxygens (including phenoxy) is 1. The monoisotopic (exact) mass is 540 g/mol. The molecule has 8 nitrogen and oxygen atoms in total. The first-order valence-corrected chi connectivity index (χ1v) is 14.0. The van der Waals surface area contributed by atoms with Gasteiger partial charge in [0.1, 0.15) is 11.3 Å². The van der Waals surface area contributed by atoms with Crippen LogP contribution >= 0.6 is 11.3 Å². The first kappa shape index (κ1) is 25.4. The van der Waals surface area contributed by atoms with E-state index in [2.05, 4.69) is 9.97 Å². The molecule has 4 aromatic rings. The fraction of sp³-hybridized carbons (Fsp3) is 0.269. The Bertz CT molecular complexity index is 1500. The van der Waals surface area contributed by atoms with Crippen LogP contribution in [0.4, 0.5) is 9.52 Å². The maximum Gasteiger partial charge on any atom is 0.260 e. The van der Waals surface area contributed by atoms with Gasteiger partial charge in [-0.3, -0.25) is 14.7 Å². The van der Waals surface area contributed by atoms with Gasteiger partial charge in [-0.1, -0.05) is 23.5 Å². The first-order valence-electron chi connectivity index (χ1n) is 11.8. The van der Waals surface area contributed by atoms with Gasteiger partial charge in [0.25, 0.3) is 5.91 Å². The number of anilines is 1. The van der Waals surface area contributed by atoms with Crippen molar-refractivity contribution in [1.29, 1.82) is 0 Å². The lowest BCUT2D eigenvalue weighted by atomic mass is 10.2. The maximum atomic E-state index is 14.3. The molecule has 1 saturated heterocycles. The molecule has 37 heavy (non-hydrogen) atoms. The van der Waals surface area contributed by atoms with Crippen molar-refractivity contribution in [3.05, 3.63) is 83.9 Å². The maximum absolute atomic E-state index is 14.3. The van der Waals surface area contributed by atoms with Crippen molar-refractivity contribution in [2.75, 3.05) is 25.1 Å². The van der Waals surface area contributed by atoms with Crippen molar-refractivity contribution in [2.45, 2.75) is 30.4 Å². The standard InChI is InChI=1S/C26H25FN4O4S2/c1-30(17-20-7-5-15-35-20)37(33,34)21-12-10-18(11-13-21)25(32)31(16-19-6-2-3-14-28-19)26-29-24-22(27)8-4-9-23(24)36-26/h2-4,6,8-14,20H,5,7,15-17H2,1H3. The van der Waals surface area contributed by atoms with Crippen LogP contribution in [0.3, 0.4) is 0 Å². The van der Waals surface area contributed by atoms with E-state index in [0.717, 1.165) is 12.8 Å². The number of fused-ring (bicyclic) bond motifs is 1. The molecule has 1 unspecified atom stereocenters. The second-order valence-corrected chi connectivity index (χ2v) is 11.8. The Morgan fingerprint density at radius 1 is 1.14 bits per heavy atom. The molecule has 3 heterocycles. The van der Waals surface area contributed by atoms with Gasteiger partial charge in [-0.2, -0.15) is 4.31 Å². The summed E-state index contributed by atoms with van der Waals surface area (Å²) in [4.78, 5) is 23.9. The van der Waals surface area contributed by atoms with Crippen LogP contribution in [-0.4, -0.2) is 54.9 Å². The van der Waals surface area contributed by atoms with Gasteiger partial charge in [0.2, 0.25) is 10.0 Å². The number of carbonyl (C=O) groups excluding carboxylic acids is 1. The summed E-state index contributed by atoms with van der Waals surface area (Å²) in [6.07, 6.45) is 3.27. The molecule has 0 saturated carbocycles. The summed E-state index contributed by atoms with van der Waals surface area (Å²) in [5.41, 5.74) is 1.10. The Kier molecular flexibility index (Phi) is 7.29. The fourth-order valence-electron chi connectivity index (χ4n) is 4.18. The third-order valence-corrected chi connectivity index (χ3v) is 9.06. The number of hydrogen-bond acceptors (Lipinski definition) is 7. The Labute approximate surface area is 218 Å². The zero-order valence-corrected chi connectivity index (χ0v) is 21.7. The van der Waals surface area contributed by atoms with E-state index in [1.54, 1.807) is 30.5 Å². The van der Waals surface area contributed by atoms with Crippen molar-refractivity contribution in [2.24, 2.45) is 0 Å². The molecule has 1 aliphatic rings. The molecule has 1 fully saturated rings. The van der Waals surface area contributed by atoms with Crippen LogP contribution in [0, 0.1) is 5.82 Å². The number of pyridine rings is 1. The van der Waals surface area contributed by atoms with Crippen LogP contribution in [0.25, 0.3) is 10.2 Å². The zero-order chi connectivity index (χ0) is 26.0. The highest BCUT2D eigenvalue weighted by Gasteiger charge is 2.27. The van der Waals surface area contributed by atoms with Crippen molar-refractivity contribution >= 4 is 42.6 Å². The third kappa shape index (κ3) is 5.40. The van der Waals surface area contributed by atoms with Crippen LogP contribution < -0.4 is 4.90 Å². The number of aromatic nitrogens is 2. The molecular weight excluding hydrogens is 515 g/mol. The molecule has 11 heteroatoms. The molecule has 0 aliphatic carbocycles. The molecule has 1 amide bonds. The van der Waals surface area contributed by atoms with Gasteiger partial charge >= 0.3 is 0 Å². The summed E-state index contributed by atoms with van der Waals surface area (Å²) in [5, 5.41) is 0.323. The minimum absolute atomic E-state index is 0.0860. The number of carbonyl (C=O) groups is 1. The lowest BCUT2D eigenvalue weighted by molar-refractivity contribution is 0.0978. The van der Waals surface area contributed by atoms with E-state index in [9.17, 15) is 17.6 Å². The largest absolute Gasteiger partial charge is 0.377 e. The SMILES string of the molecule is CN(CC1CCCO1)S(=O)(=O)c1ccc(C(=O)N(Cc2ccccn2)c2nc3c(F)cccc3s2)cc1. The van der Waals surface area contributed by atoms with Crippen LogP contribution in [-0.2, 0) is 21.3 Å². The number of benzene rings is 2. The van der Waals surface area contributed by atoms with Gasteiger partial charge in [0.15, 0.2) is 5.13 Å². The number of rotatable bonds is 8. The number of halogens is 1. The fourth-order valence-corrected chi connectivity index (χ4v) is 6.36. The number of thiazole rings is 1. The Balaban J connectivity index is 1.43. The molecule has 0 bridgehead atoms. The van der Waals surface area contributed by atoms with E-state index in [0.29, 0.717) is 22.1 Å². The summed E-state index contributed by atoms with van der Waals surface area (Å²) in [5.74, 6) is -0.867. The van der Waals surface area contributed by atoms with Crippen LogP contribution in [0.5, 0.6) is 0 Å². The summed E-state index contributed by atoms with van der Waals surface area (Å²) >= 11 is 1.20. The Hall–Kier alpha value is -3.25. The lowest BCUT2D eigenvalue weighted by Crippen LogP contribution is -2.34. The first-order chi connectivity index (χ1) is 17.8. The molecule has 5 rings (SSSR count). The van der Waals surface area contributed by atoms with Crippen molar-refractivity contribution < 1.29 is 22.3 Å². The summed E-state index contributed by atoms with van der Waals surface area (Å²) in [7, 11) is -2.22. The number of para-hydroxylation sites is 1. The van der Waals surface area contributed by atoms with E-state index in [1.165, 1.54) is 57.9 Å². The Morgan fingerprint density at radius 2 is 1.95 bits per heavy atom. The molecule has 192 valence electrons. The Morgan fingerprint density at radius 3 is 2.62 bits per heavy atom. The number of nitrogens with zero attached hydrogens (tertiary/aromatic N) is 4. The average molecular weight is 541 g/mol. The quantitative estimate of drug-likeness (QED) is 0.327. The average Bonchev–Trinajstić information content (AvgIpc) is 3.58. The highest BCUT2D eigenvalue weighted by Crippen LogP contribution is 2.32. The molecule has 2 aromatic carbocycles. The number of likely N-dealkylation sites (N-methyl/N-ethyl adjacent to an activating group) is 1. The van der Waals surface area contributed by atoms with E-state index in [-0.39, 0.29) is 35.2 Å². The van der Waals surface area contributed by atoms with Crippen molar-refractivity contribution in [3.63, 3.8) is 0 Å². The second-order valence-electron chi connectivity index (χ2n) is 8.74. The van der Waals surface area contributed by atoms with E-state index in [1.807, 2.05) is 6.07 Å². The summed E-state index contributed by atoms with van der Waals surface area (Å²) < 4.78 is 47.9. The van der Waals surface area contributed by atoms with Gasteiger partial charge in [0, 0.05) is 32.0 Å². The number of hydrogen-bond donors (Lipinski definition) is 0. The van der Waals surface area contributed by atoms with Crippen molar-refractivity contribution in [3.8, 4) is 0 Å². The molecular formula is C26H25FN4O4S2. The van der Waals surface area contributed by atoms with Crippen LogP contribution in [0.15, 0.2) is 71.8 Å². The second kappa shape index (κ2) is 10.6. The molecule has 0 spiro atoms. The van der Waals surface area contributed by atoms with Crippen molar-refractivity contribution in [1.82, 2.24) is 14.3 Å². The highest BCUT2D eigenvalue weighted by atomic mass is 32.2. The number of sulfonamides is 1. The molecule has 2 aromatic heterocycles. The summed E-state index contributed by atoms with van der Waals surface area (Å²) in [6.45, 7) is 1.03. The van der Waals surface area contributed by atoms with E-state index in [4.69, 9.17) is 4.74 Å². The third-order valence-electron chi connectivity index (χ3n) is 6.17. The van der Waals surface area contributed by atoms with Gasteiger partial charge in [-0.15, -0.1) is 0 Å². The van der Waals surface area contributed by atoms with Crippen LogP contribution in [0.1, 0.15) is 28.9 Å². The zero-order valence-electron chi connectivity index (χ0n) is 20.1. The number of amides is 1. The topological polar surface area (TPSA) is 92.7 Å². The molecule has 1 aliphatic heterocycles. The van der Waals surface area contributed by atoms with Crippen LogP contribution in [0.2, 0.25) is 0 Å². The van der Waals surface area contributed by atoms with Gasteiger partial charge in [-0.25, -0.2) is 17.8 Å². The molecule has 1 atom stereocenters. The molecule has 0 radical (unpaired) electrons. The smallest absolute Gasteiger partial charge is 0.260 e. The predicted octanol–water partition coefficient (Wildman–Crippen LogP) is 4.48. The molecule has 0 N–H and O–H groups in total. The highest BCUT2D eigenvalue weighted by molar-refractivity contribution is 7.89. The van der Waals surface area contributed by atoms with E-state index < -0.39 is 21.7 Å². The van der Waals surface area contributed by atoms with E-state index >= 15 is 0 Å². The minimum atomic E-state index is -3.75. The predicted molar refractivity (Wildman–Crippen MR) is 140 cm³/mol. The van der Waals surface area contributed by atoms with Gasteiger partial charge in [-0.05, 0) is 61.4 Å². The normalized spacial score (nSPS) is 15.9. The van der Waals surface area contributed by atoms with Gasteiger partial charge < -0.3 is 4.74 Å².